The molecule has 0 radical (unpaired) electrons. The van der Waals surface area contributed by atoms with Crippen molar-refractivity contribution in [2.75, 3.05) is 0 Å². The molecule has 2 aromatic heterocycles. The normalized spacial score (nSPS) is 13.8. The molecule has 0 amide bonds. The summed E-state index contributed by atoms with van der Waals surface area (Å²) in [5, 5.41) is 6.21. The highest BCUT2D eigenvalue weighted by Gasteiger charge is 2.30. The van der Waals surface area contributed by atoms with Crippen LogP contribution in [0.4, 0.5) is 0 Å². The molecule has 1 saturated carbocycles. The van der Waals surface area contributed by atoms with E-state index in [9.17, 15) is 9.59 Å². The van der Waals surface area contributed by atoms with Gasteiger partial charge in [0.1, 0.15) is 6.54 Å². The molecule has 1 N–H and O–H groups in total. The van der Waals surface area contributed by atoms with Gasteiger partial charge in [-0.05, 0) is 73.2 Å². The minimum absolute atomic E-state index is 0.0383. The number of carbonyl (C=O) groups excluding carboxylic acids is 1. The Morgan fingerprint density at radius 3 is 2.67 bits per heavy atom. The number of aromatic amines is 1. The van der Waals surface area contributed by atoms with E-state index in [-0.39, 0.29) is 30.5 Å². The molecule has 152 valence electrons. The van der Waals surface area contributed by atoms with Crippen molar-refractivity contribution in [2.45, 2.75) is 38.8 Å². The van der Waals surface area contributed by atoms with Gasteiger partial charge in [0.15, 0.2) is 11.6 Å². The highest BCUT2D eigenvalue weighted by molar-refractivity contribution is 6.30. The molecule has 7 heteroatoms. The Bertz CT molecular complexity index is 1310. The Morgan fingerprint density at radius 2 is 1.93 bits per heavy atom. The maximum absolute atomic E-state index is 13.0. The van der Waals surface area contributed by atoms with Gasteiger partial charge in [-0.15, -0.1) is 5.10 Å². The summed E-state index contributed by atoms with van der Waals surface area (Å²) < 4.78 is 3.01. The molecule has 4 aromatic rings. The summed E-state index contributed by atoms with van der Waals surface area (Å²) in [6.07, 6.45) is 2.17. The topological polar surface area (TPSA) is 72.7 Å². The van der Waals surface area contributed by atoms with Gasteiger partial charge in [-0.2, -0.15) is 0 Å². The molecule has 0 unspecified atom stereocenters. The molecule has 30 heavy (non-hydrogen) atoms. The summed E-state index contributed by atoms with van der Waals surface area (Å²) in [4.78, 5) is 29.0. The van der Waals surface area contributed by atoms with Crippen molar-refractivity contribution in [1.29, 1.82) is 0 Å². The second-order valence-corrected chi connectivity index (χ2v) is 8.40. The number of benzene rings is 2. The fourth-order valence-electron chi connectivity index (χ4n) is 3.87. The predicted molar refractivity (Wildman–Crippen MR) is 117 cm³/mol. The number of aryl methyl sites for hydroxylation is 1. The molecular formula is C23H21ClN4O2. The molecule has 2 heterocycles. The van der Waals surface area contributed by atoms with Crippen molar-refractivity contribution in [3.63, 3.8) is 0 Å². The SMILES string of the molecule is Cc1cc2cc(CC(=O)Cn3nc(-c4ccc(Cl)cc4)n(C4CC4)c3=O)ccc2[nH]1. The van der Waals surface area contributed by atoms with Gasteiger partial charge in [0.25, 0.3) is 0 Å². The summed E-state index contributed by atoms with van der Waals surface area (Å²) >= 11 is 5.99. The fourth-order valence-corrected chi connectivity index (χ4v) is 3.99. The van der Waals surface area contributed by atoms with E-state index in [0.29, 0.717) is 10.8 Å². The first-order valence-corrected chi connectivity index (χ1v) is 10.4. The summed E-state index contributed by atoms with van der Waals surface area (Å²) in [7, 11) is 0. The van der Waals surface area contributed by atoms with Gasteiger partial charge < -0.3 is 4.98 Å². The van der Waals surface area contributed by atoms with Crippen LogP contribution in [0.1, 0.15) is 30.1 Å². The number of nitrogens with zero attached hydrogens (tertiary/aromatic N) is 3. The van der Waals surface area contributed by atoms with Crippen molar-refractivity contribution in [3.05, 3.63) is 75.3 Å². The lowest BCUT2D eigenvalue weighted by molar-refractivity contribution is -0.119. The third kappa shape index (κ3) is 3.59. The molecule has 0 saturated heterocycles. The predicted octanol–water partition coefficient (Wildman–Crippen LogP) is 4.30. The first-order valence-electron chi connectivity index (χ1n) is 10.0. The van der Waals surface area contributed by atoms with Gasteiger partial charge in [-0.1, -0.05) is 17.7 Å². The number of halogens is 1. The van der Waals surface area contributed by atoms with E-state index in [1.54, 1.807) is 16.7 Å². The van der Waals surface area contributed by atoms with Gasteiger partial charge in [0.2, 0.25) is 0 Å². The van der Waals surface area contributed by atoms with Crippen LogP contribution in [0.3, 0.4) is 0 Å². The lowest BCUT2D eigenvalue weighted by atomic mass is 10.1. The smallest absolute Gasteiger partial charge is 0.346 e. The Kier molecular flexibility index (Phi) is 4.59. The largest absolute Gasteiger partial charge is 0.359 e. The van der Waals surface area contributed by atoms with Crippen molar-refractivity contribution < 1.29 is 4.79 Å². The van der Waals surface area contributed by atoms with E-state index in [1.165, 1.54) is 4.68 Å². The number of Topliss-reactive ketones (excluding diaryl/α,β-unsaturated/α-hetero) is 1. The zero-order valence-electron chi connectivity index (χ0n) is 16.6. The van der Waals surface area contributed by atoms with Crippen molar-refractivity contribution in [3.8, 4) is 11.4 Å². The Hall–Kier alpha value is -3.12. The molecule has 1 aliphatic carbocycles. The minimum Gasteiger partial charge on any atom is -0.359 e. The quantitative estimate of drug-likeness (QED) is 0.505. The van der Waals surface area contributed by atoms with Crippen molar-refractivity contribution >= 4 is 28.3 Å². The lowest BCUT2D eigenvalue weighted by Crippen LogP contribution is -2.28. The molecule has 0 aliphatic heterocycles. The Balaban J connectivity index is 1.41. The van der Waals surface area contributed by atoms with Crippen LogP contribution in [-0.2, 0) is 17.8 Å². The number of H-pyrrole nitrogens is 1. The minimum atomic E-state index is -0.229. The summed E-state index contributed by atoms with van der Waals surface area (Å²) in [6, 6.07) is 15.4. The second-order valence-electron chi connectivity index (χ2n) is 7.96. The van der Waals surface area contributed by atoms with Gasteiger partial charge in [0, 0.05) is 34.3 Å². The van der Waals surface area contributed by atoms with Crippen molar-refractivity contribution in [2.24, 2.45) is 0 Å². The summed E-state index contributed by atoms with van der Waals surface area (Å²) in [6.45, 7) is 1.97. The molecule has 2 aromatic carbocycles. The summed E-state index contributed by atoms with van der Waals surface area (Å²) in [5.41, 5.74) is 3.66. The first-order chi connectivity index (χ1) is 14.5. The first kappa shape index (κ1) is 18.9. The van der Waals surface area contributed by atoms with Crippen LogP contribution in [0.25, 0.3) is 22.3 Å². The van der Waals surface area contributed by atoms with Crippen LogP contribution < -0.4 is 5.69 Å². The van der Waals surface area contributed by atoms with Crippen LogP contribution in [-0.4, -0.2) is 25.1 Å². The molecule has 1 aliphatic rings. The molecule has 6 nitrogen and oxygen atoms in total. The number of rotatable bonds is 6. The number of aromatic nitrogens is 4. The monoisotopic (exact) mass is 420 g/mol. The van der Waals surface area contributed by atoms with E-state index < -0.39 is 0 Å². The molecule has 0 spiro atoms. The lowest BCUT2D eigenvalue weighted by Gasteiger charge is -2.03. The average Bonchev–Trinajstić information content (AvgIpc) is 3.40. The Morgan fingerprint density at radius 1 is 1.17 bits per heavy atom. The second kappa shape index (κ2) is 7.29. The standard InChI is InChI=1S/C23H21ClN4O2/c1-14-10-17-11-15(2-9-21(17)25-14)12-20(29)13-27-23(30)28(19-7-8-19)22(26-27)16-3-5-18(24)6-4-16/h2-6,9-11,19,25H,7-8,12-13H2,1H3. The van der Waals surface area contributed by atoms with Gasteiger partial charge in [0.05, 0.1) is 0 Å². The number of fused-ring (bicyclic) bond motifs is 1. The highest BCUT2D eigenvalue weighted by atomic mass is 35.5. The third-order valence-corrected chi connectivity index (χ3v) is 5.68. The van der Waals surface area contributed by atoms with E-state index >= 15 is 0 Å². The van der Waals surface area contributed by atoms with Gasteiger partial charge in [-0.25, -0.2) is 9.48 Å². The van der Waals surface area contributed by atoms with Crippen LogP contribution in [0, 0.1) is 6.92 Å². The molecule has 0 bridgehead atoms. The van der Waals surface area contributed by atoms with Crippen LogP contribution in [0.5, 0.6) is 0 Å². The third-order valence-electron chi connectivity index (χ3n) is 5.43. The Labute approximate surface area is 178 Å². The zero-order valence-corrected chi connectivity index (χ0v) is 17.3. The maximum atomic E-state index is 13.0. The van der Waals surface area contributed by atoms with E-state index in [1.807, 2.05) is 37.3 Å². The van der Waals surface area contributed by atoms with Crippen LogP contribution >= 0.6 is 11.6 Å². The summed E-state index contributed by atoms with van der Waals surface area (Å²) in [5.74, 6) is 0.544. The van der Waals surface area contributed by atoms with Crippen LogP contribution in [0.15, 0.2) is 53.3 Å². The van der Waals surface area contributed by atoms with Crippen LogP contribution in [0.2, 0.25) is 5.02 Å². The van der Waals surface area contributed by atoms with Crippen molar-refractivity contribution in [1.82, 2.24) is 19.3 Å². The number of hydrogen-bond donors (Lipinski definition) is 1. The zero-order chi connectivity index (χ0) is 20.8. The molecule has 5 rings (SSSR count). The van der Waals surface area contributed by atoms with Gasteiger partial charge in [-0.3, -0.25) is 9.36 Å². The maximum Gasteiger partial charge on any atom is 0.346 e. The number of hydrogen-bond acceptors (Lipinski definition) is 3. The van der Waals surface area contributed by atoms with E-state index in [2.05, 4.69) is 16.1 Å². The van der Waals surface area contributed by atoms with Gasteiger partial charge >= 0.3 is 5.69 Å². The number of carbonyl (C=O) groups is 1. The highest BCUT2D eigenvalue weighted by Crippen LogP contribution is 2.36. The average molecular weight is 421 g/mol. The molecular weight excluding hydrogens is 400 g/mol. The van der Waals surface area contributed by atoms with E-state index in [0.717, 1.165) is 40.6 Å². The number of nitrogens with one attached hydrogen (secondary N) is 1. The molecule has 0 atom stereocenters. The fraction of sp³-hybridized carbons (Fsp3) is 0.261. The number of ketones is 1. The molecule has 1 fully saturated rings. The van der Waals surface area contributed by atoms with E-state index in [4.69, 9.17) is 11.6 Å².